The minimum absolute atomic E-state index is 0.00572. The maximum absolute atomic E-state index is 13.4. The highest BCUT2D eigenvalue weighted by molar-refractivity contribution is 6.09. The second-order valence-corrected chi connectivity index (χ2v) is 6.20. The Morgan fingerprint density at radius 1 is 1.36 bits per heavy atom. The number of hydrazone groups is 1. The largest absolute Gasteiger partial charge is 0.483 e. The third-order valence-corrected chi connectivity index (χ3v) is 4.50. The number of carbonyl (C=O) groups excluding carboxylic acids is 1. The minimum Gasteiger partial charge on any atom is -0.483 e. The first-order chi connectivity index (χ1) is 11.8. The summed E-state index contributed by atoms with van der Waals surface area (Å²) in [6.45, 7) is 2.86. The van der Waals surface area contributed by atoms with Gasteiger partial charge in [0.1, 0.15) is 18.4 Å². The molecule has 0 radical (unpaired) electrons. The van der Waals surface area contributed by atoms with Crippen LogP contribution in [-0.2, 0) is 11.0 Å². The molecule has 1 aromatic carbocycles. The van der Waals surface area contributed by atoms with Crippen molar-refractivity contribution in [1.82, 2.24) is 10.7 Å². The van der Waals surface area contributed by atoms with Gasteiger partial charge in [-0.05, 0) is 19.1 Å². The lowest BCUT2D eigenvalue weighted by atomic mass is 10.0. The van der Waals surface area contributed by atoms with Crippen molar-refractivity contribution in [3.8, 4) is 5.75 Å². The van der Waals surface area contributed by atoms with Gasteiger partial charge in [-0.3, -0.25) is 4.79 Å². The van der Waals surface area contributed by atoms with Gasteiger partial charge in [0.15, 0.2) is 5.84 Å². The molecule has 1 atom stereocenters. The first-order valence-electron chi connectivity index (χ1n) is 7.85. The number of fused-ring (bicyclic) bond motifs is 3. The van der Waals surface area contributed by atoms with Gasteiger partial charge in [-0.2, -0.15) is 18.3 Å². The highest BCUT2D eigenvalue weighted by Crippen LogP contribution is 2.44. The topological polar surface area (TPSA) is 78.0 Å². The molecule has 1 aromatic rings. The number of amides is 1. The molecule has 1 saturated heterocycles. The van der Waals surface area contributed by atoms with Crippen molar-refractivity contribution in [3.05, 3.63) is 17.7 Å². The molecule has 3 N–H and O–H groups in total. The van der Waals surface area contributed by atoms with Crippen molar-refractivity contribution in [2.75, 3.05) is 29.9 Å². The summed E-state index contributed by atoms with van der Waals surface area (Å²) in [6.07, 6.45) is -4.52. The first kappa shape index (κ1) is 16.0. The summed E-state index contributed by atoms with van der Waals surface area (Å²) in [4.78, 5) is 13.5. The molecule has 25 heavy (non-hydrogen) atoms. The van der Waals surface area contributed by atoms with Crippen LogP contribution in [0, 0.1) is 0 Å². The van der Waals surface area contributed by atoms with Crippen LogP contribution in [0.4, 0.5) is 24.5 Å². The van der Waals surface area contributed by atoms with Gasteiger partial charge < -0.3 is 20.3 Å². The minimum atomic E-state index is -4.52. The molecule has 0 spiro atoms. The first-order valence-corrected chi connectivity index (χ1v) is 7.85. The maximum atomic E-state index is 13.4. The molecular formula is C15H16F3N5O2. The predicted octanol–water partition coefficient (Wildman–Crippen LogP) is 1.12. The Balaban J connectivity index is 1.81. The van der Waals surface area contributed by atoms with E-state index in [4.69, 9.17) is 4.74 Å². The smallest absolute Gasteiger partial charge is 0.418 e. The number of carbonyl (C=O) groups is 1. The highest BCUT2D eigenvalue weighted by Gasteiger charge is 2.40. The van der Waals surface area contributed by atoms with Crippen LogP contribution in [0.25, 0.3) is 0 Å². The number of nitrogens with one attached hydrogen (secondary N) is 3. The zero-order valence-electron chi connectivity index (χ0n) is 13.3. The number of anilines is 2. The van der Waals surface area contributed by atoms with E-state index in [1.165, 1.54) is 6.07 Å². The number of hydrogen-bond acceptors (Lipinski definition) is 6. The molecule has 134 valence electrons. The Hall–Kier alpha value is -2.49. The van der Waals surface area contributed by atoms with E-state index in [0.717, 1.165) is 6.07 Å². The normalized spacial score (nSPS) is 22.9. The third kappa shape index (κ3) is 2.66. The molecule has 0 bridgehead atoms. The Bertz CT molecular complexity index is 760. The van der Waals surface area contributed by atoms with Crippen molar-refractivity contribution >= 4 is 23.1 Å². The van der Waals surface area contributed by atoms with Crippen molar-refractivity contribution in [3.63, 3.8) is 0 Å². The van der Waals surface area contributed by atoms with Crippen molar-refractivity contribution < 1.29 is 22.7 Å². The quantitative estimate of drug-likeness (QED) is 0.741. The van der Waals surface area contributed by atoms with Crippen LogP contribution in [0.3, 0.4) is 0 Å². The molecule has 1 fully saturated rings. The molecule has 4 rings (SSSR count). The molecular weight excluding hydrogens is 339 g/mol. The number of halogens is 3. The van der Waals surface area contributed by atoms with Crippen molar-refractivity contribution in [1.29, 1.82) is 0 Å². The lowest BCUT2D eigenvalue weighted by Gasteiger charge is -2.39. The second kappa shape index (κ2) is 5.51. The third-order valence-electron chi connectivity index (χ3n) is 4.50. The summed E-state index contributed by atoms with van der Waals surface area (Å²) in [6, 6.07) is 1.71. The molecule has 7 nitrogen and oxygen atoms in total. The number of nitrogens with zero attached hydrogens (tertiary/aromatic N) is 2. The SMILES string of the molecule is C[C@H]1C(=O)NN=C2COc3cc(C(F)(F)F)c(NC4CNC4)cc3N21. The van der Waals surface area contributed by atoms with Gasteiger partial charge in [-0.25, -0.2) is 5.43 Å². The van der Waals surface area contributed by atoms with Crippen molar-refractivity contribution in [2.24, 2.45) is 5.10 Å². The summed E-state index contributed by atoms with van der Waals surface area (Å²) in [5, 5.41) is 9.87. The van der Waals surface area contributed by atoms with E-state index in [0.29, 0.717) is 24.6 Å². The van der Waals surface area contributed by atoms with E-state index in [9.17, 15) is 18.0 Å². The Labute approximate surface area is 141 Å². The van der Waals surface area contributed by atoms with E-state index in [-0.39, 0.29) is 30.0 Å². The van der Waals surface area contributed by atoms with Gasteiger partial charge in [-0.15, -0.1) is 0 Å². The average Bonchev–Trinajstić information content (AvgIpc) is 2.52. The van der Waals surface area contributed by atoms with Gasteiger partial charge in [0.2, 0.25) is 0 Å². The fraction of sp³-hybridized carbons (Fsp3) is 0.467. The maximum Gasteiger partial charge on any atom is 0.418 e. The van der Waals surface area contributed by atoms with Gasteiger partial charge in [0.25, 0.3) is 5.91 Å². The summed E-state index contributed by atoms with van der Waals surface area (Å²) in [5.74, 6) is 0.218. The fourth-order valence-electron chi connectivity index (χ4n) is 3.04. The Morgan fingerprint density at radius 2 is 2.12 bits per heavy atom. The zero-order chi connectivity index (χ0) is 17.8. The van der Waals surface area contributed by atoms with Gasteiger partial charge in [0, 0.05) is 18.8 Å². The fourth-order valence-corrected chi connectivity index (χ4v) is 3.04. The number of hydrogen-bond donors (Lipinski definition) is 3. The molecule has 0 aromatic heterocycles. The Morgan fingerprint density at radius 3 is 2.76 bits per heavy atom. The number of alkyl halides is 3. The highest BCUT2D eigenvalue weighted by atomic mass is 19.4. The number of benzene rings is 1. The van der Waals surface area contributed by atoms with E-state index >= 15 is 0 Å². The zero-order valence-corrected chi connectivity index (χ0v) is 13.3. The molecule has 0 aliphatic carbocycles. The Kier molecular flexibility index (Phi) is 3.53. The molecule has 3 aliphatic rings. The van der Waals surface area contributed by atoms with Crippen molar-refractivity contribution in [2.45, 2.75) is 25.2 Å². The van der Waals surface area contributed by atoms with E-state index in [2.05, 4.69) is 21.2 Å². The summed E-state index contributed by atoms with van der Waals surface area (Å²) < 4.78 is 45.8. The standard InChI is InChI=1S/C15H16F3N5O2/c1-7-14(24)22-21-13-6-25-12-2-9(15(16,17)18)10(3-11(12)23(7)13)20-8-4-19-5-8/h2-3,7-8,19-20H,4-6H2,1H3,(H,22,24)/t7-/m0/s1. The summed E-state index contributed by atoms with van der Waals surface area (Å²) in [5.41, 5.74) is 1.97. The van der Waals surface area contributed by atoms with Gasteiger partial charge >= 0.3 is 6.18 Å². The van der Waals surface area contributed by atoms with E-state index in [1.807, 2.05) is 0 Å². The molecule has 0 saturated carbocycles. The van der Waals surface area contributed by atoms with Crippen LogP contribution in [0.15, 0.2) is 17.2 Å². The van der Waals surface area contributed by atoms with Gasteiger partial charge in [0.05, 0.1) is 17.3 Å². The van der Waals surface area contributed by atoms with E-state index < -0.39 is 17.8 Å². The average molecular weight is 355 g/mol. The molecule has 1 amide bonds. The molecule has 10 heteroatoms. The van der Waals surface area contributed by atoms with Gasteiger partial charge in [-0.1, -0.05) is 0 Å². The lowest BCUT2D eigenvalue weighted by Crippen LogP contribution is -2.55. The molecule has 0 unspecified atom stereocenters. The van der Waals surface area contributed by atoms with Crippen LogP contribution in [0.1, 0.15) is 12.5 Å². The summed E-state index contributed by atoms with van der Waals surface area (Å²) >= 11 is 0. The van der Waals surface area contributed by atoms with Crippen LogP contribution in [-0.4, -0.2) is 43.5 Å². The lowest BCUT2D eigenvalue weighted by molar-refractivity contribution is -0.137. The van der Waals surface area contributed by atoms with Crippen LogP contribution in [0.2, 0.25) is 0 Å². The van der Waals surface area contributed by atoms with E-state index in [1.54, 1.807) is 11.8 Å². The van der Waals surface area contributed by atoms with Crippen LogP contribution < -0.4 is 25.7 Å². The van der Waals surface area contributed by atoms with Crippen LogP contribution >= 0.6 is 0 Å². The number of ether oxygens (including phenoxy) is 1. The molecule has 3 aliphatic heterocycles. The predicted molar refractivity (Wildman–Crippen MR) is 84.7 cm³/mol. The molecule has 3 heterocycles. The number of rotatable bonds is 2. The van der Waals surface area contributed by atoms with Crippen LogP contribution in [0.5, 0.6) is 5.75 Å². The monoisotopic (exact) mass is 355 g/mol. The second-order valence-electron chi connectivity index (χ2n) is 6.20. The summed E-state index contributed by atoms with van der Waals surface area (Å²) in [7, 11) is 0. The number of amidine groups is 1.